The number of furan rings is 1. The molecule has 1 aliphatic rings. The van der Waals surface area contributed by atoms with E-state index in [-0.39, 0.29) is 5.91 Å². The summed E-state index contributed by atoms with van der Waals surface area (Å²) in [5.74, 6) is 2.40. The fraction of sp³-hybridized carbons (Fsp3) is 0.185. The smallest absolute Gasteiger partial charge is 0.273 e. The number of thioether (sulfide) groups is 1. The second-order valence-electron chi connectivity index (χ2n) is 8.45. The van der Waals surface area contributed by atoms with Gasteiger partial charge in [0.2, 0.25) is 5.82 Å². The summed E-state index contributed by atoms with van der Waals surface area (Å²) in [6.45, 7) is 1.32. The van der Waals surface area contributed by atoms with Crippen LogP contribution in [0.3, 0.4) is 0 Å². The Balaban J connectivity index is 1.22. The van der Waals surface area contributed by atoms with Crippen LogP contribution in [0.2, 0.25) is 0 Å². The maximum Gasteiger partial charge on any atom is 0.273 e. The van der Waals surface area contributed by atoms with Crippen LogP contribution in [-0.4, -0.2) is 44.2 Å². The lowest BCUT2D eigenvalue weighted by molar-refractivity contribution is 0.0729. The van der Waals surface area contributed by atoms with E-state index in [1.54, 1.807) is 13.4 Å². The zero-order valence-corrected chi connectivity index (χ0v) is 21.7. The van der Waals surface area contributed by atoms with E-state index in [0.29, 0.717) is 47.0 Å². The molecule has 0 bridgehead atoms. The molecule has 4 heterocycles. The van der Waals surface area contributed by atoms with Crippen LogP contribution >= 0.6 is 23.1 Å². The van der Waals surface area contributed by atoms with Crippen LogP contribution in [0.4, 0.5) is 0 Å². The molecule has 0 saturated carbocycles. The maximum atomic E-state index is 13.2. The largest absolute Gasteiger partial charge is 0.495 e. The van der Waals surface area contributed by atoms with Crippen molar-refractivity contribution in [2.75, 3.05) is 13.7 Å². The van der Waals surface area contributed by atoms with Gasteiger partial charge in [-0.3, -0.25) is 9.36 Å². The molecule has 5 aromatic rings. The zero-order valence-electron chi connectivity index (χ0n) is 20.0. The molecule has 0 spiro atoms. The molecule has 1 amide bonds. The lowest BCUT2D eigenvalue weighted by atomic mass is 10.00. The molecule has 37 heavy (non-hydrogen) atoms. The van der Waals surface area contributed by atoms with Gasteiger partial charge in [-0.1, -0.05) is 48.2 Å². The first-order valence-corrected chi connectivity index (χ1v) is 13.6. The summed E-state index contributed by atoms with van der Waals surface area (Å²) >= 11 is 2.98. The van der Waals surface area contributed by atoms with Crippen molar-refractivity contribution in [1.29, 1.82) is 0 Å². The standard InChI is InChI=1S/C27H23N5O3S2/c1-34-22-10-5-4-9-21(22)32-25(23-11-6-14-35-23)29-30-27(32)37-17-24-28-20(16-36-24)26(33)31-13-12-18-7-2-3-8-19(18)15-31/h2-11,14,16H,12-13,15,17H2,1H3. The highest BCUT2D eigenvalue weighted by molar-refractivity contribution is 7.98. The van der Waals surface area contributed by atoms with Crippen LogP contribution in [-0.2, 0) is 18.7 Å². The molecule has 2 aromatic carbocycles. The Bertz CT molecular complexity index is 1540. The predicted octanol–water partition coefficient (Wildman–Crippen LogP) is 5.48. The van der Waals surface area contributed by atoms with Crippen molar-refractivity contribution in [3.05, 3.63) is 94.1 Å². The number of nitrogens with zero attached hydrogens (tertiary/aromatic N) is 5. The minimum atomic E-state index is -0.0284. The number of thiazole rings is 1. The van der Waals surface area contributed by atoms with Gasteiger partial charge in [0.1, 0.15) is 16.5 Å². The number of methoxy groups -OCH3 is 1. The molecule has 0 saturated heterocycles. The van der Waals surface area contributed by atoms with E-state index in [2.05, 4.69) is 27.3 Å². The number of para-hydroxylation sites is 2. The minimum absolute atomic E-state index is 0.0284. The van der Waals surface area contributed by atoms with Gasteiger partial charge in [0, 0.05) is 18.5 Å². The molecule has 0 unspecified atom stereocenters. The van der Waals surface area contributed by atoms with E-state index in [9.17, 15) is 4.79 Å². The van der Waals surface area contributed by atoms with Crippen LogP contribution in [0, 0.1) is 0 Å². The van der Waals surface area contributed by atoms with Crippen LogP contribution in [0.5, 0.6) is 5.75 Å². The monoisotopic (exact) mass is 529 g/mol. The van der Waals surface area contributed by atoms with E-state index in [0.717, 1.165) is 17.1 Å². The van der Waals surface area contributed by atoms with E-state index >= 15 is 0 Å². The third kappa shape index (κ3) is 4.65. The Morgan fingerprint density at radius 3 is 2.76 bits per heavy atom. The number of hydrogen-bond acceptors (Lipinski definition) is 8. The van der Waals surface area contributed by atoms with Gasteiger partial charge in [0.15, 0.2) is 10.9 Å². The number of carbonyl (C=O) groups is 1. The summed E-state index contributed by atoms with van der Waals surface area (Å²) in [6, 6.07) is 19.7. The molecular weight excluding hydrogens is 506 g/mol. The van der Waals surface area contributed by atoms with Gasteiger partial charge in [-0.25, -0.2) is 4.98 Å². The van der Waals surface area contributed by atoms with Crippen molar-refractivity contribution in [3.63, 3.8) is 0 Å². The molecule has 0 N–H and O–H groups in total. The number of amides is 1. The summed E-state index contributed by atoms with van der Waals surface area (Å²) in [4.78, 5) is 19.7. The number of aromatic nitrogens is 4. The normalized spacial score (nSPS) is 12.9. The third-order valence-corrected chi connectivity index (χ3v) is 8.19. The topological polar surface area (TPSA) is 86.3 Å². The highest BCUT2D eigenvalue weighted by Gasteiger charge is 2.24. The average molecular weight is 530 g/mol. The van der Waals surface area contributed by atoms with Gasteiger partial charge in [-0.15, -0.1) is 21.5 Å². The molecule has 0 fully saturated rings. The molecule has 0 radical (unpaired) electrons. The van der Waals surface area contributed by atoms with Gasteiger partial charge in [-0.05, 0) is 41.8 Å². The summed E-state index contributed by atoms with van der Waals surface area (Å²) in [5.41, 5.74) is 3.82. The number of fused-ring (bicyclic) bond motifs is 1. The lowest BCUT2D eigenvalue weighted by Crippen LogP contribution is -2.36. The van der Waals surface area contributed by atoms with Crippen LogP contribution in [0.25, 0.3) is 17.3 Å². The van der Waals surface area contributed by atoms with Gasteiger partial charge in [0.25, 0.3) is 5.91 Å². The van der Waals surface area contributed by atoms with Crippen molar-refractivity contribution in [2.24, 2.45) is 0 Å². The number of carbonyl (C=O) groups excluding carboxylic acids is 1. The Morgan fingerprint density at radius 1 is 1.08 bits per heavy atom. The average Bonchev–Trinajstić information content (AvgIpc) is 3.72. The third-order valence-electron chi connectivity index (χ3n) is 6.21. The second kappa shape index (κ2) is 10.2. The number of rotatable bonds is 7. The molecule has 186 valence electrons. The van der Waals surface area contributed by atoms with E-state index < -0.39 is 0 Å². The molecule has 10 heteroatoms. The molecule has 1 aliphatic heterocycles. The van der Waals surface area contributed by atoms with E-state index in [1.165, 1.54) is 34.2 Å². The summed E-state index contributed by atoms with van der Waals surface area (Å²) in [5, 5.41) is 12.2. The Morgan fingerprint density at radius 2 is 1.92 bits per heavy atom. The van der Waals surface area contributed by atoms with Crippen LogP contribution < -0.4 is 4.74 Å². The molecular formula is C27H23N5O3S2. The first-order chi connectivity index (χ1) is 18.2. The summed E-state index contributed by atoms with van der Waals surface area (Å²) in [7, 11) is 1.64. The van der Waals surface area contributed by atoms with Crippen molar-refractivity contribution >= 4 is 29.0 Å². The SMILES string of the molecule is COc1ccccc1-n1c(SCc2nc(C(=O)N3CCc4ccccc4C3)cs2)nnc1-c1ccco1. The number of benzene rings is 2. The predicted molar refractivity (Wildman–Crippen MR) is 142 cm³/mol. The van der Waals surface area contributed by atoms with Crippen molar-refractivity contribution in [2.45, 2.75) is 23.9 Å². The molecule has 0 atom stereocenters. The molecule has 3 aromatic heterocycles. The van der Waals surface area contributed by atoms with Gasteiger partial charge >= 0.3 is 0 Å². The summed E-state index contributed by atoms with van der Waals surface area (Å²) < 4.78 is 13.1. The first kappa shape index (κ1) is 23.5. The number of ether oxygens (including phenoxy) is 1. The molecule has 0 aliphatic carbocycles. The molecule has 8 nitrogen and oxygen atoms in total. The van der Waals surface area contributed by atoms with E-state index in [4.69, 9.17) is 9.15 Å². The highest BCUT2D eigenvalue weighted by atomic mass is 32.2. The van der Waals surface area contributed by atoms with E-state index in [1.807, 2.05) is 63.4 Å². The Labute approximate surface area is 221 Å². The zero-order chi connectivity index (χ0) is 25.2. The van der Waals surface area contributed by atoms with Crippen molar-refractivity contribution in [1.82, 2.24) is 24.6 Å². The maximum absolute atomic E-state index is 13.2. The molecule has 6 rings (SSSR count). The Hall–Kier alpha value is -3.89. The van der Waals surface area contributed by atoms with Gasteiger partial charge in [-0.2, -0.15) is 0 Å². The summed E-state index contributed by atoms with van der Waals surface area (Å²) in [6.07, 6.45) is 2.48. The highest BCUT2D eigenvalue weighted by Crippen LogP contribution is 2.34. The minimum Gasteiger partial charge on any atom is -0.495 e. The second-order valence-corrected chi connectivity index (χ2v) is 10.3. The quantitative estimate of drug-likeness (QED) is 0.258. The fourth-order valence-corrected chi connectivity index (χ4v) is 6.12. The van der Waals surface area contributed by atoms with Crippen LogP contribution in [0.15, 0.2) is 81.9 Å². The number of hydrogen-bond donors (Lipinski definition) is 0. The van der Waals surface area contributed by atoms with Crippen molar-refractivity contribution in [3.8, 4) is 23.0 Å². The van der Waals surface area contributed by atoms with Gasteiger partial charge < -0.3 is 14.1 Å². The lowest BCUT2D eigenvalue weighted by Gasteiger charge is -2.28. The van der Waals surface area contributed by atoms with Crippen LogP contribution in [0.1, 0.15) is 26.6 Å². The fourth-order valence-electron chi connectivity index (χ4n) is 4.39. The van der Waals surface area contributed by atoms with Crippen molar-refractivity contribution < 1.29 is 13.9 Å². The van der Waals surface area contributed by atoms with Gasteiger partial charge in [0.05, 0.1) is 24.8 Å². The first-order valence-electron chi connectivity index (χ1n) is 11.8. The Kier molecular flexibility index (Phi) is 6.50.